The lowest BCUT2D eigenvalue weighted by atomic mass is 10.2. The van der Waals surface area contributed by atoms with Gasteiger partial charge in [0.2, 0.25) is 11.1 Å². The zero-order valence-corrected chi connectivity index (χ0v) is 17.6. The zero-order chi connectivity index (χ0) is 21.8. The van der Waals surface area contributed by atoms with Gasteiger partial charge in [0, 0.05) is 23.9 Å². The van der Waals surface area contributed by atoms with Gasteiger partial charge in [-0.1, -0.05) is 11.8 Å². The van der Waals surface area contributed by atoms with Gasteiger partial charge in [0.1, 0.15) is 18.9 Å². The van der Waals surface area contributed by atoms with E-state index < -0.39 is 0 Å². The van der Waals surface area contributed by atoms with E-state index in [1.165, 1.54) is 11.8 Å². The van der Waals surface area contributed by atoms with Crippen molar-refractivity contribution in [2.75, 3.05) is 24.3 Å². The van der Waals surface area contributed by atoms with E-state index in [0.717, 1.165) is 0 Å². The highest BCUT2D eigenvalue weighted by atomic mass is 32.2. The molecule has 32 heavy (non-hydrogen) atoms. The molecule has 0 radical (unpaired) electrons. The first-order chi connectivity index (χ1) is 15.8. The highest BCUT2D eigenvalue weighted by Gasteiger charge is 2.18. The zero-order valence-electron chi connectivity index (χ0n) is 16.8. The number of carbonyl (C=O) groups excluding carboxylic acids is 1. The van der Waals surface area contributed by atoms with Gasteiger partial charge in [-0.2, -0.15) is 0 Å². The number of hydrogen-bond acceptors (Lipinski definition) is 9. The maximum absolute atomic E-state index is 12.4. The van der Waals surface area contributed by atoms with Crippen molar-refractivity contribution >= 4 is 23.4 Å². The predicted octanol–water partition coefficient (Wildman–Crippen LogP) is 4.28. The molecule has 1 amide bonds. The molecule has 0 fully saturated rings. The van der Waals surface area contributed by atoms with Gasteiger partial charge in [-0.3, -0.25) is 4.79 Å². The fourth-order valence-corrected chi connectivity index (χ4v) is 3.84. The van der Waals surface area contributed by atoms with Crippen molar-refractivity contribution in [3.05, 3.63) is 55.0 Å². The normalized spacial score (nSPS) is 12.5. The number of ether oxygens (including phenoxy) is 2. The molecule has 0 atom stereocenters. The van der Waals surface area contributed by atoms with Crippen molar-refractivity contribution < 1.29 is 23.1 Å². The number of nitrogens with one attached hydrogen (secondary N) is 1. The molecule has 4 heterocycles. The molecule has 0 unspecified atom stereocenters. The van der Waals surface area contributed by atoms with Crippen LogP contribution in [0.5, 0.6) is 11.5 Å². The number of benzene rings is 1. The summed E-state index contributed by atoms with van der Waals surface area (Å²) < 4.78 is 22.0. The maximum atomic E-state index is 12.4. The van der Waals surface area contributed by atoms with Crippen LogP contribution in [0.15, 0.2) is 69.0 Å². The number of nitrogens with zero attached hydrogens (tertiary/aromatic N) is 3. The second kappa shape index (κ2) is 9.15. The molecule has 0 spiro atoms. The Morgan fingerprint density at radius 3 is 2.44 bits per heavy atom. The van der Waals surface area contributed by atoms with Gasteiger partial charge in [-0.05, 0) is 36.4 Å². The van der Waals surface area contributed by atoms with E-state index in [1.54, 1.807) is 55.0 Å². The molecule has 1 aliphatic heterocycles. The van der Waals surface area contributed by atoms with E-state index in [2.05, 4.69) is 20.5 Å². The Bertz CT molecular complexity index is 1210. The quantitative estimate of drug-likeness (QED) is 0.412. The number of anilines is 1. The number of rotatable bonds is 7. The summed E-state index contributed by atoms with van der Waals surface area (Å²) in [6, 6.07) is 12.5. The molecule has 0 saturated heterocycles. The lowest BCUT2D eigenvalue weighted by Crippen LogP contribution is -2.16. The van der Waals surface area contributed by atoms with Gasteiger partial charge in [0.15, 0.2) is 28.7 Å². The van der Waals surface area contributed by atoms with Gasteiger partial charge < -0.3 is 23.6 Å². The number of hydrogen-bond donors (Lipinski definition) is 1. The minimum Gasteiger partial charge on any atom is -0.486 e. The standard InChI is InChI=1S/C22H18N4O5S/c27-19(23-14-5-6-15-18(13-14)31-11-10-30-15)7-12-32-22-24-20(16-3-1-8-28-16)21(25-26-22)17-4-2-9-29-17/h1-6,8-9,13H,7,10-12H2,(H,23,27). The number of fused-ring (bicyclic) bond motifs is 1. The van der Waals surface area contributed by atoms with E-state index in [9.17, 15) is 4.79 Å². The van der Waals surface area contributed by atoms with Crippen LogP contribution in [0.3, 0.4) is 0 Å². The van der Waals surface area contributed by atoms with Crippen molar-refractivity contribution in [1.82, 2.24) is 15.2 Å². The smallest absolute Gasteiger partial charge is 0.225 e. The fourth-order valence-electron chi connectivity index (χ4n) is 3.12. The molecule has 162 valence electrons. The van der Waals surface area contributed by atoms with Crippen LogP contribution in [-0.4, -0.2) is 40.1 Å². The van der Waals surface area contributed by atoms with E-state index in [0.29, 0.717) is 64.2 Å². The third-order valence-electron chi connectivity index (χ3n) is 4.56. The van der Waals surface area contributed by atoms with Crippen LogP contribution in [0, 0.1) is 0 Å². The van der Waals surface area contributed by atoms with Crippen LogP contribution < -0.4 is 14.8 Å². The van der Waals surface area contributed by atoms with Crippen molar-refractivity contribution in [3.63, 3.8) is 0 Å². The van der Waals surface area contributed by atoms with E-state index in [-0.39, 0.29) is 12.3 Å². The van der Waals surface area contributed by atoms with Crippen molar-refractivity contribution in [3.8, 4) is 34.4 Å². The van der Waals surface area contributed by atoms with Crippen LogP contribution >= 0.6 is 11.8 Å². The molecule has 0 saturated carbocycles. The molecular formula is C22H18N4O5S. The first kappa shape index (κ1) is 20.1. The van der Waals surface area contributed by atoms with E-state index in [1.807, 2.05) is 0 Å². The topological polar surface area (TPSA) is 113 Å². The van der Waals surface area contributed by atoms with Gasteiger partial charge >= 0.3 is 0 Å². The van der Waals surface area contributed by atoms with Gasteiger partial charge in [-0.25, -0.2) is 4.98 Å². The van der Waals surface area contributed by atoms with Crippen LogP contribution in [0.2, 0.25) is 0 Å². The average molecular weight is 450 g/mol. The van der Waals surface area contributed by atoms with Crippen molar-refractivity contribution in [2.45, 2.75) is 11.6 Å². The third-order valence-corrected chi connectivity index (χ3v) is 5.40. The Balaban J connectivity index is 1.22. The molecule has 0 bridgehead atoms. The second-order valence-electron chi connectivity index (χ2n) is 6.75. The molecule has 4 aromatic rings. The first-order valence-corrected chi connectivity index (χ1v) is 10.9. The summed E-state index contributed by atoms with van der Waals surface area (Å²) in [5, 5.41) is 11.8. The Labute approximate surface area is 187 Å². The lowest BCUT2D eigenvalue weighted by Gasteiger charge is -2.19. The maximum Gasteiger partial charge on any atom is 0.225 e. The number of amides is 1. The van der Waals surface area contributed by atoms with Crippen LogP contribution in [0.4, 0.5) is 5.69 Å². The molecule has 9 nitrogen and oxygen atoms in total. The number of furan rings is 2. The minimum atomic E-state index is -0.124. The second-order valence-corrected chi connectivity index (χ2v) is 7.81. The predicted molar refractivity (Wildman–Crippen MR) is 117 cm³/mol. The summed E-state index contributed by atoms with van der Waals surface area (Å²) in [7, 11) is 0. The van der Waals surface area contributed by atoms with E-state index >= 15 is 0 Å². The third kappa shape index (κ3) is 4.45. The SMILES string of the molecule is O=C(CCSc1nnc(-c2ccco2)c(-c2ccco2)n1)Nc1ccc2c(c1)OCCO2. The molecular weight excluding hydrogens is 432 g/mol. The Morgan fingerprint density at radius 1 is 0.938 bits per heavy atom. The lowest BCUT2D eigenvalue weighted by molar-refractivity contribution is -0.115. The molecule has 1 aromatic carbocycles. The summed E-state index contributed by atoms with van der Waals surface area (Å²) in [5.74, 6) is 2.78. The summed E-state index contributed by atoms with van der Waals surface area (Å²) >= 11 is 1.34. The summed E-state index contributed by atoms with van der Waals surface area (Å²) in [5.41, 5.74) is 1.68. The van der Waals surface area contributed by atoms with Gasteiger partial charge in [0.05, 0.1) is 12.5 Å². The number of thioether (sulfide) groups is 1. The van der Waals surface area contributed by atoms with Gasteiger partial charge in [0.25, 0.3) is 0 Å². The van der Waals surface area contributed by atoms with Crippen molar-refractivity contribution in [1.29, 1.82) is 0 Å². The van der Waals surface area contributed by atoms with Gasteiger partial charge in [-0.15, -0.1) is 10.2 Å². The average Bonchev–Trinajstić information content (AvgIpc) is 3.53. The highest BCUT2D eigenvalue weighted by Crippen LogP contribution is 2.33. The Hall–Kier alpha value is -3.79. The molecule has 1 N–H and O–H groups in total. The monoisotopic (exact) mass is 450 g/mol. The van der Waals surface area contributed by atoms with Crippen LogP contribution in [-0.2, 0) is 4.79 Å². The van der Waals surface area contributed by atoms with Crippen molar-refractivity contribution in [2.24, 2.45) is 0 Å². The molecule has 3 aromatic heterocycles. The minimum absolute atomic E-state index is 0.124. The Morgan fingerprint density at radius 2 is 1.69 bits per heavy atom. The summed E-state index contributed by atoms with van der Waals surface area (Å²) in [4.78, 5) is 16.9. The molecule has 10 heteroatoms. The first-order valence-electron chi connectivity index (χ1n) is 9.91. The Kier molecular flexibility index (Phi) is 5.75. The molecule has 0 aliphatic carbocycles. The van der Waals surface area contributed by atoms with Crippen LogP contribution in [0.1, 0.15) is 6.42 Å². The summed E-state index contributed by atoms with van der Waals surface area (Å²) in [6.07, 6.45) is 3.41. The summed E-state index contributed by atoms with van der Waals surface area (Å²) in [6.45, 7) is 1.02. The number of aromatic nitrogens is 3. The van der Waals surface area contributed by atoms with E-state index in [4.69, 9.17) is 18.3 Å². The number of carbonyl (C=O) groups is 1. The fraction of sp³-hybridized carbons (Fsp3) is 0.182. The van der Waals surface area contributed by atoms with Crippen LogP contribution in [0.25, 0.3) is 22.9 Å². The molecule has 5 rings (SSSR count). The largest absolute Gasteiger partial charge is 0.486 e. The molecule has 1 aliphatic rings. The highest BCUT2D eigenvalue weighted by molar-refractivity contribution is 7.99.